The highest BCUT2D eigenvalue weighted by Gasteiger charge is 2.23. The Morgan fingerprint density at radius 1 is 1.14 bits per heavy atom. The van der Waals surface area contributed by atoms with Crippen LogP contribution >= 0.6 is 0 Å². The minimum atomic E-state index is -0.761. The molecule has 1 heterocycles. The Labute approximate surface area is 204 Å². The summed E-state index contributed by atoms with van der Waals surface area (Å²) in [6.45, 7) is 3.16. The van der Waals surface area contributed by atoms with Crippen molar-refractivity contribution in [2.45, 2.75) is 38.7 Å². The second-order valence-corrected chi connectivity index (χ2v) is 8.22. The van der Waals surface area contributed by atoms with Crippen molar-refractivity contribution in [1.82, 2.24) is 5.32 Å². The highest BCUT2D eigenvalue weighted by atomic mass is 16.5. The second kappa shape index (κ2) is 12.7. The topological polar surface area (TPSA) is 152 Å². The molecule has 0 saturated heterocycles. The van der Waals surface area contributed by atoms with E-state index >= 15 is 0 Å². The van der Waals surface area contributed by atoms with Gasteiger partial charge >= 0.3 is 0 Å². The van der Waals surface area contributed by atoms with E-state index in [9.17, 15) is 19.5 Å². The van der Waals surface area contributed by atoms with E-state index in [1.54, 1.807) is 36.4 Å². The average molecular weight is 485 g/mol. The van der Waals surface area contributed by atoms with Crippen LogP contribution in [-0.4, -0.2) is 55.2 Å². The van der Waals surface area contributed by atoms with E-state index in [0.717, 1.165) is 12.0 Å². The number of amides is 3. The molecule has 10 heteroatoms. The summed E-state index contributed by atoms with van der Waals surface area (Å²) >= 11 is 0. The number of anilines is 2. The van der Waals surface area contributed by atoms with Crippen LogP contribution in [0.4, 0.5) is 11.4 Å². The molecule has 0 aromatic heterocycles. The van der Waals surface area contributed by atoms with E-state index in [1.807, 2.05) is 6.92 Å². The first kappa shape index (κ1) is 26.0. The molecule has 0 spiro atoms. The number of benzene rings is 2. The van der Waals surface area contributed by atoms with Gasteiger partial charge in [0, 0.05) is 37.1 Å². The predicted octanol–water partition coefficient (Wildman–Crippen LogP) is 1.82. The van der Waals surface area contributed by atoms with Gasteiger partial charge in [-0.15, -0.1) is 0 Å². The normalized spacial score (nSPS) is 13.4. The number of aliphatic hydroxyl groups is 1. The molecular weight excluding hydrogens is 452 g/mol. The summed E-state index contributed by atoms with van der Waals surface area (Å²) in [6.07, 6.45) is 1.17. The highest BCUT2D eigenvalue weighted by molar-refractivity contribution is 6.02. The number of nitrogens with two attached hydrogens (primary N) is 1. The zero-order valence-corrected chi connectivity index (χ0v) is 19.8. The number of carbonyl (C=O) groups excluding carboxylic acids is 3. The van der Waals surface area contributed by atoms with Gasteiger partial charge in [-0.2, -0.15) is 0 Å². The lowest BCUT2D eigenvalue weighted by Gasteiger charge is -2.24. The van der Waals surface area contributed by atoms with E-state index in [0.29, 0.717) is 67.4 Å². The lowest BCUT2D eigenvalue weighted by atomic mass is 10.00. The maximum absolute atomic E-state index is 12.0. The molecule has 2 aromatic rings. The number of rotatable bonds is 13. The number of carbonyl (C=O) groups is 3. The number of primary amides is 1. The van der Waals surface area contributed by atoms with Gasteiger partial charge in [0.1, 0.15) is 30.8 Å². The van der Waals surface area contributed by atoms with Crippen molar-refractivity contribution in [3.63, 3.8) is 0 Å². The maximum atomic E-state index is 12.0. The fourth-order valence-electron chi connectivity index (χ4n) is 3.61. The van der Waals surface area contributed by atoms with Gasteiger partial charge in [-0.25, -0.2) is 0 Å². The van der Waals surface area contributed by atoms with Gasteiger partial charge in [-0.05, 0) is 49.2 Å². The van der Waals surface area contributed by atoms with E-state index in [4.69, 9.17) is 15.2 Å². The van der Waals surface area contributed by atoms with Crippen LogP contribution in [0.5, 0.6) is 11.5 Å². The first-order valence-electron chi connectivity index (χ1n) is 11.7. The third-order valence-corrected chi connectivity index (χ3v) is 5.39. The van der Waals surface area contributed by atoms with Crippen molar-refractivity contribution in [3.05, 3.63) is 47.5 Å². The van der Waals surface area contributed by atoms with Gasteiger partial charge in [0.15, 0.2) is 0 Å². The predicted molar refractivity (Wildman–Crippen MR) is 132 cm³/mol. The van der Waals surface area contributed by atoms with Crippen LogP contribution < -0.4 is 31.2 Å². The first-order chi connectivity index (χ1) is 16.9. The van der Waals surface area contributed by atoms with Crippen molar-refractivity contribution in [1.29, 1.82) is 0 Å². The molecular formula is C25H32N4O6. The van der Waals surface area contributed by atoms with Crippen molar-refractivity contribution in [3.8, 4) is 11.5 Å². The molecule has 0 radical (unpaired) electrons. The summed E-state index contributed by atoms with van der Waals surface area (Å²) < 4.78 is 11.4. The summed E-state index contributed by atoms with van der Waals surface area (Å²) in [4.78, 5) is 35.0. The summed E-state index contributed by atoms with van der Waals surface area (Å²) in [6, 6.07) is 9.99. The molecule has 0 fully saturated rings. The largest absolute Gasteiger partial charge is 0.492 e. The molecule has 10 nitrogen and oxygen atoms in total. The smallest absolute Gasteiger partial charge is 0.248 e. The Hall–Kier alpha value is -3.63. The molecule has 3 amide bonds. The highest BCUT2D eigenvalue weighted by Crippen LogP contribution is 2.37. The Morgan fingerprint density at radius 2 is 1.91 bits per heavy atom. The van der Waals surface area contributed by atoms with Crippen LogP contribution in [0.1, 0.15) is 42.1 Å². The second-order valence-electron chi connectivity index (χ2n) is 8.22. The molecule has 35 heavy (non-hydrogen) atoms. The number of aliphatic hydroxyl groups excluding tert-OH is 1. The Bertz CT molecular complexity index is 1040. The molecule has 6 N–H and O–H groups in total. The molecule has 0 aliphatic carbocycles. The Kier molecular flexibility index (Phi) is 9.45. The van der Waals surface area contributed by atoms with Gasteiger partial charge in [-0.1, -0.05) is 6.92 Å². The quantitative estimate of drug-likeness (QED) is 0.272. The summed E-state index contributed by atoms with van der Waals surface area (Å²) in [5.41, 5.74) is 7.53. The van der Waals surface area contributed by atoms with Gasteiger partial charge < -0.3 is 36.3 Å². The number of ether oxygens (including phenoxy) is 2. The van der Waals surface area contributed by atoms with E-state index < -0.39 is 12.0 Å². The fourth-order valence-corrected chi connectivity index (χ4v) is 3.61. The Morgan fingerprint density at radius 3 is 2.63 bits per heavy atom. The van der Waals surface area contributed by atoms with Crippen molar-refractivity contribution in [2.75, 3.05) is 36.9 Å². The molecule has 1 unspecified atom stereocenters. The van der Waals surface area contributed by atoms with Crippen molar-refractivity contribution < 1.29 is 29.0 Å². The van der Waals surface area contributed by atoms with Crippen LogP contribution in [0.25, 0.3) is 0 Å². The van der Waals surface area contributed by atoms with Crippen LogP contribution in [0.2, 0.25) is 0 Å². The zero-order valence-electron chi connectivity index (χ0n) is 19.8. The van der Waals surface area contributed by atoms with Crippen LogP contribution in [0.3, 0.4) is 0 Å². The third-order valence-electron chi connectivity index (χ3n) is 5.39. The minimum absolute atomic E-state index is 0.0599. The van der Waals surface area contributed by atoms with Gasteiger partial charge in [0.25, 0.3) is 0 Å². The fraction of sp³-hybridized carbons (Fsp3) is 0.400. The van der Waals surface area contributed by atoms with E-state index in [-0.39, 0.29) is 18.4 Å². The van der Waals surface area contributed by atoms with Crippen LogP contribution in [0, 0.1) is 0 Å². The van der Waals surface area contributed by atoms with E-state index in [1.165, 1.54) is 0 Å². The SMILES string of the molecule is CCCC(=O)Nc1ccc(OCC(O)CNCCOc2ccc(C(N)=O)cc2)c2c1NC(=O)CC2. The third kappa shape index (κ3) is 7.69. The summed E-state index contributed by atoms with van der Waals surface area (Å²) in [7, 11) is 0. The van der Waals surface area contributed by atoms with Crippen molar-refractivity contribution in [2.24, 2.45) is 5.73 Å². The Balaban J connectivity index is 1.45. The molecule has 1 atom stereocenters. The summed E-state index contributed by atoms with van der Waals surface area (Å²) in [5, 5.41) is 19.1. The van der Waals surface area contributed by atoms with Gasteiger partial charge in [0.2, 0.25) is 17.7 Å². The van der Waals surface area contributed by atoms with Gasteiger partial charge in [-0.3, -0.25) is 14.4 Å². The molecule has 0 bridgehead atoms. The summed E-state index contributed by atoms with van der Waals surface area (Å²) in [5.74, 6) is 0.462. The molecule has 3 rings (SSSR count). The number of hydrogen-bond donors (Lipinski definition) is 5. The lowest BCUT2D eigenvalue weighted by molar-refractivity contribution is -0.117. The lowest BCUT2D eigenvalue weighted by Crippen LogP contribution is -2.34. The van der Waals surface area contributed by atoms with Crippen LogP contribution in [-0.2, 0) is 16.0 Å². The standard InChI is InChI=1S/C25H32N4O6/c1-2-3-22(31)28-20-9-10-21(19-8-11-23(32)29-24(19)20)35-15-17(30)14-27-12-13-34-18-6-4-16(5-7-18)25(26)33/h4-7,9-10,17,27,30H,2-3,8,11-15H2,1H3,(H2,26,33)(H,28,31)(H,29,32). The minimum Gasteiger partial charge on any atom is -0.492 e. The number of fused-ring (bicyclic) bond motifs is 1. The maximum Gasteiger partial charge on any atom is 0.248 e. The number of hydrogen-bond acceptors (Lipinski definition) is 7. The average Bonchev–Trinajstić information content (AvgIpc) is 2.83. The van der Waals surface area contributed by atoms with Crippen LogP contribution in [0.15, 0.2) is 36.4 Å². The molecule has 1 aliphatic heterocycles. The molecule has 2 aromatic carbocycles. The molecule has 188 valence electrons. The first-order valence-corrected chi connectivity index (χ1v) is 11.7. The van der Waals surface area contributed by atoms with Crippen molar-refractivity contribution >= 4 is 29.1 Å². The monoisotopic (exact) mass is 484 g/mol. The van der Waals surface area contributed by atoms with E-state index in [2.05, 4.69) is 16.0 Å². The zero-order chi connectivity index (χ0) is 25.2. The molecule has 0 saturated carbocycles. The number of nitrogens with one attached hydrogen (secondary N) is 3. The van der Waals surface area contributed by atoms with Gasteiger partial charge in [0.05, 0.1) is 11.4 Å². The molecule has 1 aliphatic rings.